The summed E-state index contributed by atoms with van der Waals surface area (Å²) in [6.45, 7) is 0. The number of H-pyrrole nitrogens is 1. The van der Waals surface area contributed by atoms with E-state index in [9.17, 15) is 4.79 Å². The van der Waals surface area contributed by atoms with Crippen molar-refractivity contribution in [1.29, 1.82) is 0 Å². The summed E-state index contributed by atoms with van der Waals surface area (Å²) >= 11 is 4.63. The van der Waals surface area contributed by atoms with Crippen LogP contribution in [0.5, 0.6) is 0 Å². The van der Waals surface area contributed by atoms with E-state index in [1.54, 1.807) is 22.7 Å². The zero-order valence-corrected chi connectivity index (χ0v) is 16.1. The third kappa shape index (κ3) is 2.89. The molecule has 0 atom stereocenters. The standard InChI is InChI=1S/C17H14N4O2S3/c22-15-13-9-4-1-2-5-10(9)26-16(13)20-17(19-15)25-8-12-18-14(21-23-12)11-6-3-7-24-11/h3,6-7H,1-2,4-5,8H2,(H,19,20,22). The Morgan fingerprint density at radius 2 is 2.19 bits per heavy atom. The lowest BCUT2D eigenvalue weighted by atomic mass is 9.97. The Morgan fingerprint density at radius 1 is 1.27 bits per heavy atom. The number of nitrogens with zero attached hydrogens (tertiary/aromatic N) is 3. The highest BCUT2D eigenvalue weighted by molar-refractivity contribution is 7.98. The predicted molar refractivity (Wildman–Crippen MR) is 104 cm³/mol. The first-order valence-electron chi connectivity index (χ1n) is 8.32. The van der Waals surface area contributed by atoms with Crippen LogP contribution in [-0.2, 0) is 18.6 Å². The first-order chi connectivity index (χ1) is 12.8. The van der Waals surface area contributed by atoms with Gasteiger partial charge in [0, 0.05) is 4.88 Å². The van der Waals surface area contributed by atoms with E-state index < -0.39 is 0 Å². The summed E-state index contributed by atoms with van der Waals surface area (Å²) < 4.78 is 5.30. The second-order valence-electron chi connectivity index (χ2n) is 6.04. The molecule has 0 fully saturated rings. The average Bonchev–Trinajstić information content (AvgIpc) is 3.37. The van der Waals surface area contributed by atoms with E-state index in [4.69, 9.17) is 4.52 Å². The molecule has 6 nitrogen and oxygen atoms in total. The molecule has 0 amide bonds. The molecule has 1 N–H and O–H groups in total. The third-order valence-corrected chi connectivity index (χ3v) is 7.25. The Hall–Kier alpha value is -1.97. The van der Waals surface area contributed by atoms with Gasteiger partial charge >= 0.3 is 0 Å². The molecule has 0 saturated carbocycles. The maximum absolute atomic E-state index is 12.6. The summed E-state index contributed by atoms with van der Waals surface area (Å²) in [6, 6.07) is 3.91. The van der Waals surface area contributed by atoms with Crippen molar-refractivity contribution in [3.8, 4) is 10.7 Å². The number of thiophene rings is 2. The Kier molecular flexibility index (Phi) is 4.14. The van der Waals surface area contributed by atoms with Gasteiger partial charge < -0.3 is 9.51 Å². The van der Waals surface area contributed by atoms with Crippen LogP contribution in [0.25, 0.3) is 20.9 Å². The minimum absolute atomic E-state index is 0.0401. The van der Waals surface area contributed by atoms with Crippen LogP contribution in [0.2, 0.25) is 0 Å². The number of nitrogens with one attached hydrogen (secondary N) is 1. The summed E-state index contributed by atoms with van der Waals surface area (Å²) in [4.78, 5) is 27.6. The van der Waals surface area contributed by atoms with Crippen molar-refractivity contribution in [2.45, 2.75) is 36.6 Å². The lowest BCUT2D eigenvalue weighted by molar-refractivity contribution is 0.391. The Balaban J connectivity index is 1.39. The van der Waals surface area contributed by atoms with Gasteiger partial charge in [0.2, 0.25) is 11.7 Å². The predicted octanol–water partition coefficient (Wildman–Crippen LogP) is 4.27. The van der Waals surface area contributed by atoms with Gasteiger partial charge in [-0.15, -0.1) is 22.7 Å². The summed E-state index contributed by atoms with van der Waals surface area (Å²) in [5.41, 5.74) is 1.17. The van der Waals surface area contributed by atoms with Crippen LogP contribution in [0, 0.1) is 0 Å². The molecule has 1 aliphatic rings. The van der Waals surface area contributed by atoms with E-state index in [1.165, 1.54) is 28.6 Å². The molecule has 132 valence electrons. The fraction of sp³-hybridized carbons (Fsp3) is 0.294. The first-order valence-corrected chi connectivity index (χ1v) is 11.0. The molecule has 0 radical (unpaired) electrons. The van der Waals surface area contributed by atoms with Crippen LogP contribution >= 0.6 is 34.4 Å². The number of rotatable bonds is 4. The SMILES string of the molecule is O=c1[nH]c(SCc2nc(-c3cccs3)no2)nc2sc3c(c12)CCCC3. The van der Waals surface area contributed by atoms with Crippen molar-refractivity contribution < 1.29 is 4.52 Å². The topological polar surface area (TPSA) is 84.7 Å². The largest absolute Gasteiger partial charge is 0.338 e. The van der Waals surface area contributed by atoms with Crippen LogP contribution in [0.4, 0.5) is 0 Å². The first kappa shape index (κ1) is 16.2. The van der Waals surface area contributed by atoms with Gasteiger partial charge in [-0.1, -0.05) is 23.0 Å². The van der Waals surface area contributed by atoms with Crippen molar-refractivity contribution in [1.82, 2.24) is 20.1 Å². The summed E-state index contributed by atoms with van der Waals surface area (Å²) in [5.74, 6) is 1.59. The minimum Gasteiger partial charge on any atom is -0.338 e. The molecule has 0 unspecified atom stereocenters. The molecule has 0 aromatic carbocycles. The quantitative estimate of drug-likeness (QED) is 0.405. The molecule has 4 aromatic rings. The highest BCUT2D eigenvalue weighted by Gasteiger charge is 2.20. The van der Waals surface area contributed by atoms with Crippen LogP contribution in [-0.4, -0.2) is 20.1 Å². The van der Waals surface area contributed by atoms with E-state index >= 15 is 0 Å². The summed E-state index contributed by atoms with van der Waals surface area (Å²) in [7, 11) is 0. The van der Waals surface area contributed by atoms with E-state index in [0.29, 0.717) is 22.6 Å². The molecule has 0 saturated heterocycles. The zero-order chi connectivity index (χ0) is 17.5. The Bertz CT molecular complexity index is 1130. The number of hydrogen-bond acceptors (Lipinski definition) is 8. The molecule has 26 heavy (non-hydrogen) atoms. The van der Waals surface area contributed by atoms with Gasteiger partial charge in [-0.3, -0.25) is 4.79 Å². The molecular formula is C17H14N4O2S3. The molecule has 0 bridgehead atoms. The van der Waals surface area contributed by atoms with Gasteiger partial charge in [0.25, 0.3) is 5.56 Å². The lowest BCUT2D eigenvalue weighted by Gasteiger charge is -2.09. The van der Waals surface area contributed by atoms with Crippen molar-refractivity contribution >= 4 is 44.7 Å². The second-order valence-corrected chi connectivity index (χ2v) is 9.04. The van der Waals surface area contributed by atoms with Gasteiger partial charge in [-0.25, -0.2) is 4.98 Å². The van der Waals surface area contributed by atoms with Gasteiger partial charge in [-0.05, 0) is 42.7 Å². The highest BCUT2D eigenvalue weighted by atomic mass is 32.2. The minimum atomic E-state index is -0.0401. The number of aromatic amines is 1. The summed E-state index contributed by atoms with van der Waals surface area (Å²) in [6.07, 6.45) is 4.40. The lowest BCUT2D eigenvalue weighted by Crippen LogP contribution is -2.10. The molecule has 1 aliphatic carbocycles. The van der Waals surface area contributed by atoms with E-state index in [2.05, 4.69) is 20.1 Å². The molecule has 4 heterocycles. The number of aromatic nitrogens is 4. The van der Waals surface area contributed by atoms with Crippen molar-refractivity contribution in [2.24, 2.45) is 0 Å². The van der Waals surface area contributed by atoms with Gasteiger partial charge in [0.15, 0.2) is 5.16 Å². The van der Waals surface area contributed by atoms with E-state index in [0.717, 1.165) is 34.4 Å². The Morgan fingerprint density at radius 3 is 3.08 bits per heavy atom. The smallest absolute Gasteiger partial charge is 0.260 e. The molecule has 0 spiro atoms. The van der Waals surface area contributed by atoms with Gasteiger partial charge in [0.05, 0.1) is 16.0 Å². The van der Waals surface area contributed by atoms with Crippen molar-refractivity contribution in [3.05, 3.63) is 44.2 Å². The van der Waals surface area contributed by atoms with Gasteiger partial charge in [-0.2, -0.15) is 4.98 Å². The molecule has 0 aliphatic heterocycles. The van der Waals surface area contributed by atoms with Crippen LogP contribution in [0.1, 0.15) is 29.2 Å². The normalized spacial score (nSPS) is 14.0. The average molecular weight is 403 g/mol. The fourth-order valence-corrected chi connectivity index (χ4v) is 5.83. The Labute approximate surface area is 160 Å². The second kappa shape index (κ2) is 6.64. The van der Waals surface area contributed by atoms with Crippen molar-refractivity contribution in [3.63, 3.8) is 0 Å². The molecule has 4 aromatic heterocycles. The maximum Gasteiger partial charge on any atom is 0.260 e. The number of aryl methyl sites for hydroxylation is 2. The van der Waals surface area contributed by atoms with Crippen LogP contribution < -0.4 is 5.56 Å². The number of thioether (sulfide) groups is 1. The van der Waals surface area contributed by atoms with Crippen LogP contribution in [0.3, 0.4) is 0 Å². The van der Waals surface area contributed by atoms with Crippen LogP contribution in [0.15, 0.2) is 32.0 Å². The van der Waals surface area contributed by atoms with Gasteiger partial charge in [0.1, 0.15) is 4.83 Å². The zero-order valence-electron chi connectivity index (χ0n) is 13.7. The highest BCUT2D eigenvalue weighted by Crippen LogP contribution is 2.34. The summed E-state index contributed by atoms with van der Waals surface area (Å²) in [5, 5.41) is 7.36. The maximum atomic E-state index is 12.6. The fourth-order valence-electron chi connectivity index (χ4n) is 3.16. The van der Waals surface area contributed by atoms with E-state index in [-0.39, 0.29) is 5.56 Å². The molecular weight excluding hydrogens is 388 g/mol. The van der Waals surface area contributed by atoms with Crippen molar-refractivity contribution in [2.75, 3.05) is 0 Å². The molecule has 5 rings (SSSR count). The monoisotopic (exact) mass is 402 g/mol. The third-order valence-electron chi connectivity index (χ3n) is 4.35. The molecule has 9 heteroatoms. The number of fused-ring (bicyclic) bond motifs is 3. The van der Waals surface area contributed by atoms with E-state index in [1.807, 2.05) is 17.5 Å². The number of hydrogen-bond donors (Lipinski definition) is 1.